The third-order valence-electron chi connectivity index (χ3n) is 3.90. The number of benzene rings is 2. The van der Waals surface area contributed by atoms with Crippen molar-refractivity contribution < 1.29 is 14.3 Å². The van der Waals surface area contributed by atoms with Crippen LogP contribution < -0.4 is 14.8 Å². The quantitative estimate of drug-likeness (QED) is 0.805. The highest BCUT2D eigenvalue weighted by Gasteiger charge is 2.16. The van der Waals surface area contributed by atoms with Crippen molar-refractivity contribution in [2.45, 2.75) is 13.5 Å². The molecular weight excluding hydrogens is 306 g/mol. The Hall–Kier alpha value is -3.02. The largest absolute Gasteiger partial charge is 0.486 e. The van der Waals surface area contributed by atoms with Crippen molar-refractivity contribution in [2.24, 2.45) is 0 Å². The molecule has 6 heteroatoms. The predicted molar refractivity (Wildman–Crippen MR) is 90.5 cm³/mol. The van der Waals surface area contributed by atoms with E-state index in [1.807, 2.05) is 43.3 Å². The number of hydrogen-bond acceptors (Lipinski definition) is 4. The number of fused-ring (bicyclic) bond motifs is 2. The molecule has 0 atom stereocenters. The number of rotatable bonds is 3. The van der Waals surface area contributed by atoms with Crippen LogP contribution in [0.3, 0.4) is 0 Å². The third-order valence-corrected chi connectivity index (χ3v) is 3.90. The lowest BCUT2D eigenvalue weighted by Gasteiger charge is -2.18. The van der Waals surface area contributed by atoms with Crippen molar-refractivity contribution in [3.8, 4) is 11.5 Å². The maximum Gasteiger partial charge on any atom is 0.244 e. The Kier molecular flexibility index (Phi) is 3.57. The summed E-state index contributed by atoms with van der Waals surface area (Å²) in [6.45, 7) is 3.24. The summed E-state index contributed by atoms with van der Waals surface area (Å²) in [5, 5.41) is 2.90. The molecule has 1 aromatic heterocycles. The van der Waals surface area contributed by atoms with Crippen LogP contribution in [-0.4, -0.2) is 28.7 Å². The van der Waals surface area contributed by atoms with Gasteiger partial charge in [0.25, 0.3) is 0 Å². The summed E-state index contributed by atoms with van der Waals surface area (Å²) in [4.78, 5) is 16.7. The van der Waals surface area contributed by atoms with Crippen LogP contribution in [0.2, 0.25) is 0 Å². The summed E-state index contributed by atoms with van der Waals surface area (Å²) in [6.07, 6.45) is 1.66. The van der Waals surface area contributed by atoms with Gasteiger partial charge in [-0.1, -0.05) is 12.1 Å². The molecule has 3 aromatic rings. The first-order valence-corrected chi connectivity index (χ1v) is 7.80. The fraction of sp³-hybridized carbons (Fsp3) is 0.222. The highest BCUT2D eigenvalue weighted by Crippen LogP contribution is 2.34. The number of ether oxygens (including phenoxy) is 2. The summed E-state index contributed by atoms with van der Waals surface area (Å²) in [7, 11) is 0. The first-order valence-electron chi connectivity index (χ1n) is 7.80. The predicted octanol–water partition coefficient (Wildman–Crippen LogP) is 2.75. The molecule has 1 N–H and O–H groups in total. The number of carbonyl (C=O) groups is 1. The number of hydrogen-bond donors (Lipinski definition) is 1. The molecule has 0 spiro atoms. The topological polar surface area (TPSA) is 65.4 Å². The standard InChI is InChI=1S/C18H17N3O3/c1-12-3-2-4-13(7-12)20-18(22)10-21-11-19-14-8-16-17(9-15(14)21)24-6-5-23-16/h2-4,7-9,11H,5-6,10H2,1H3,(H,20,22). The molecule has 24 heavy (non-hydrogen) atoms. The number of aromatic nitrogens is 2. The van der Waals surface area contributed by atoms with Gasteiger partial charge in [-0.25, -0.2) is 4.98 Å². The Labute approximate surface area is 139 Å². The second kappa shape index (κ2) is 5.88. The van der Waals surface area contributed by atoms with E-state index in [9.17, 15) is 4.79 Å². The Morgan fingerprint density at radius 1 is 1.21 bits per heavy atom. The highest BCUT2D eigenvalue weighted by molar-refractivity contribution is 5.92. The molecular formula is C18H17N3O3. The summed E-state index contributed by atoms with van der Waals surface area (Å²) >= 11 is 0. The number of nitrogens with zero attached hydrogens (tertiary/aromatic N) is 2. The van der Waals surface area contributed by atoms with Gasteiger partial charge in [0, 0.05) is 17.8 Å². The van der Waals surface area contributed by atoms with E-state index >= 15 is 0 Å². The second-order valence-corrected chi connectivity index (χ2v) is 5.77. The van der Waals surface area contributed by atoms with E-state index in [0.717, 1.165) is 22.3 Å². The van der Waals surface area contributed by atoms with Gasteiger partial charge in [0.1, 0.15) is 19.8 Å². The molecule has 0 unspecified atom stereocenters. The van der Waals surface area contributed by atoms with E-state index in [1.54, 1.807) is 10.9 Å². The Morgan fingerprint density at radius 3 is 2.79 bits per heavy atom. The van der Waals surface area contributed by atoms with Crippen LogP contribution in [0.25, 0.3) is 11.0 Å². The van der Waals surface area contributed by atoms with Gasteiger partial charge in [-0.3, -0.25) is 4.79 Å². The first-order chi connectivity index (χ1) is 11.7. The number of aryl methyl sites for hydroxylation is 1. The van der Waals surface area contributed by atoms with Crippen molar-refractivity contribution >= 4 is 22.6 Å². The number of carbonyl (C=O) groups excluding carboxylic acids is 1. The van der Waals surface area contributed by atoms with E-state index in [4.69, 9.17) is 9.47 Å². The van der Waals surface area contributed by atoms with Crippen LogP contribution in [0.1, 0.15) is 5.56 Å². The smallest absolute Gasteiger partial charge is 0.244 e. The summed E-state index contributed by atoms with van der Waals surface area (Å²) in [5.41, 5.74) is 3.52. The van der Waals surface area contributed by atoms with E-state index in [-0.39, 0.29) is 12.5 Å². The fourth-order valence-corrected chi connectivity index (χ4v) is 2.80. The van der Waals surface area contributed by atoms with Crippen LogP contribution in [0.4, 0.5) is 5.69 Å². The summed E-state index contributed by atoms with van der Waals surface area (Å²) < 4.78 is 13.0. The number of anilines is 1. The molecule has 1 aliphatic rings. The fourth-order valence-electron chi connectivity index (χ4n) is 2.80. The molecule has 6 nitrogen and oxygen atoms in total. The van der Waals surface area contributed by atoms with E-state index in [2.05, 4.69) is 10.3 Å². The molecule has 122 valence electrons. The minimum atomic E-state index is -0.102. The summed E-state index contributed by atoms with van der Waals surface area (Å²) in [6, 6.07) is 11.4. The molecule has 0 aliphatic carbocycles. The van der Waals surface area contributed by atoms with Gasteiger partial charge >= 0.3 is 0 Å². The molecule has 0 saturated carbocycles. The third kappa shape index (κ3) is 2.78. The van der Waals surface area contributed by atoms with Crippen LogP contribution in [0, 0.1) is 6.92 Å². The first kappa shape index (κ1) is 14.6. The lowest BCUT2D eigenvalue weighted by atomic mass is 10.2. The Bertz CT molecular complexity index is 917. The van der Waals surface area contributed by atoms with E-state index < -0.39 is 0 Å². The van der Waals surface area contributed by atoms with Crippen molar-refractivity contribution in [3.05, 3.63) is 48.3 Å². The number of nitrogens with one attached hydrogen (secondary N) is 1. The van der Waals surface area contributed by atoms with Crippen molar-refractivity contribution in [2.75, 3.05) is 18.5 Å². The zero-order valence-corrected chi connectivity index (χ0v) is 13.3. The zero-order valence-electron chi connectivity index (χ0n) is 13.3. The highest BCUT2D eigenvalue weighted by atomic mass is 16.6. The van der Waals surface area contributed by atoms with E-state index in [0.29, 0.717) is 24.7 Å². The van der Waals surface area contributed by atoms with Gasteiger partial charge in [-0.15, -0.1) is 0 Å². The average molecular weight is 323 g/mol. The second-order valence-electron chi connectivity index (χ2n) is 5.77. The van der Waals surface area contributed by atoms with Gasteiger partial charge in [0.05, 0.1) is 17.4 Å². The van der Waals surface area contributed by atoms with Gasteiger partial charge < -0.3 is 19.4 Å². The van der Waals surface area contributed by atoms with Crippen molar-refractivity contribution in [3.63, 3.8) is 0 Å². The Balaban J connectivity index is 1.57. The lowest BCUT2D eigenvalue weighted by Crippen LogP contribution is -2.18. The van der Waals surface area contributed by atoms with Gasteiger partial charge in [-0.2, -0.15) is 0 Å². The minimum Gasteiger partial charge on any atom is -0.486 e. The van der Waals surface area contributed by atoms with Crippen molar-refractivity contribution in [1.29, 1.82) is 0 Å². The molecule has 2 heterocycles. The van der Waals surface area contributed by atoms with E-state index in [1.165, 1.54) is 0 Å². The van der Waals surface area contributed by atoms with Crippen LogP contribution in [0.15, 0.2) is 42.7 Å². The molecule has 4 rings (SSSR count). The van der Waals surface area contributed by atoms with Crippen molar-refractivity contribution in [1.82, 2.24) is 9.55 Å². The SMILES string of the molecule is Cc1cccc(NC(=O)Cn2cnc3cc4c(cc32)OCCO4)c1. The summed E-state index contributed by atoms with van der Waals surface area (Å²) in [5.74, 6) is 1.28. The van der Waals surface area contributed by atoms with Crippen LogP contribution in [-0.2, 0) is 11.3 Å². The van der Waals surface area contributed by atoms with Crippen LogP contribution >= 0.6 is 0 Å². The molecule has 0 saturated heterocycles. The normalized spacial score (nSPS) is 13.0. The van der Waals surface area contributed by atoms with Crippen LogP contribution in [0.5, 0.6) is 11.5 Å². The average Bonchev–Trinajstić information content (AvgIpc) is 2.94. The molecule has 0 bridgehead atoms. The molecule has 2 aromatic carbocycles. The van der Waals surface area contributed by atoms with Gasteiger partial charge in [-0.05, 0) is 24.6 Å². The molecule has 1 amide bonds. The monoisotopic (exact) mass is 323 g/mol. The molecule has 0 radical (unpaired) electrons. The van der Waals surface area contributed by atoms with Gasteiger partial charge in [0.2, 0.25) is 5.91 Å². The maximum atomic E-state index is 12.3. The number of amides is 1. The molecule has 1 aliphatic heterocycles. The zero-order chi connectivity index (χ0) is 16.5. The van der Waals surface area contributed by atoms with Gasteiger partial charge in [0.15, 0.2) is 11.5 Å². The molecule has 0 fully saturated rings. The minimum absolute atomic E-state index is 0.102. The maximum absolute atomic E-state index is 12.3. The number of imidazole rings is 1. The Morgan fingerprint density at radius 2 is 2.00 bits per heavy atom. The lowest BCUT2D eigenvalue weighted by molar-refractivity contribution is -0.116.